The number of primary amides is 1. The van der Waals surface area contributed by atoms with Crippen LogP contribution in [-0.4, -0.2) is 24.2 Å². The van der Waals surface area contributed by atoms with E-state index >= 15 is 0 Å². The fourth-order valence-corrected chi connectivity index (χ4v) is 2.85. The molecule has 0 aromatic heterocycles. The maximum absolute atomic E-state index is 12.8. The number of halogens is 3. The molecule has 1 aliphatic carbocycles. The van der Waals surface area contributed by atoms with E-state index in [4.69, 9.17) is 5.73 Å². The molecule has 0 aliphatic heterocycles. The molecule has 4 N–H and O–H groups in total. The van der Waals surface area contributed by atoms with Crippen LogP contribution in [-0.2, 0) is 6.54 Å². The van der Waals surface area contributed by atoms with Crippen LogP contribution in [0.5, 0.6) is 0 Å². The van der Waals surface area contributed by atoms with Crippen molar-refractivity contribution in [3.05, 3.63) is 35.4 Å². The van der Waals surface area contributed by atoms with Gasteiger partial charge in [-0.2, -0.15) is 13.2 Å². The summed E-state index contributed by atoms with van der Waals surface area (Å²) in [5.41, 5.74) is 6.10. The van der Waals surface area contributed by atoms with Gasteiger partial charge in [0.25, 0.3) is 5.91 Å². The van der Waals surface area contributed by atoms with Crippen molar-refractivity contribution >= 4 is 11.9 Å². The van der Waals surface area contributed by atoms with E-state index in [1.165, 1.54) is 0 Å². The third-order valence-corrected chi connectivity index (χ3v) is 4.16. The number of carbonyl (C=O) groups excluding carboxylic acids is 2. The summed E-state index contributed by atoms with van der Waals surface area (Å²) in [7, 11) is 0. The molecule has 2 atom stereocenters. The Morgan fingerprint density at radius 1 is 1.17 bits per heavy atom. The second-order valence-corrected chi connectivity index (χ2v) is 5.99. The van der Waals surface area contributed by atoms with Crippen molar-refractivity contribution in [2.45, 2.75) is 44.4 Å². The second-order valence-electron chi connectivity index (χ2n) is 5.99. The molecule has 1 aliphatic rings. The van der Waals surface area contributed by atoms with Crippen molar-refractivity contribution in [1.29, 1.82) is 0 Å². The van der Waals surface area contributed by atoms with Gasteiger partial charge in [0.2, 0.25) is 0 Å². The molecule has 2 unspecified atom stereocenters. The first-order chi connectivity index (χ1) is 11.3. The van der Waals surface area contributed by atoms with Crippen molar-refractivity contribution in [1.82, 2.24) is 10.6 Å². The van der Waals surface area contributed by atoms with E-state index in [0.29, 0.717) is 18.4 Å². The topological polar surface area (TPSA) is 84.2 Å². The predicted octanol–water partition coefficient (Wildman–Crippen LogP) is 2.71. The molecule has 24 heavy (non-hydrogen) atoms. The van der Waals surface area contributed by atoms with E-state index in [-0.39, 0.29) is 19.4 Å². The predicted molar refractivity (Wildman–Crippen MR) is 82.1 cm³/mol. The number of alkyl halides is 3. The molecule has 1 saturated carbocycles. The Balaban J connectivity index is 1.91. The van der Waals surface area contributed by atoms with Gasteiger partial charge in [0.15, 0.2) is 0 Å². The normalized spacial score (nSPS) is 21.1. The molecular weight excluding hydrogens is 323 g/mol. The monoisotopic (exact) mass is 343 g/mol. The lowest BCUT2D eigenvalue weighted by Crippen LogP contribution is -2.41. The Labute approximate surface area is 137 Å². The lowest BCUT2D eigenvalue weighted by molar-refractivity contribution is -0.183. The van der Waals surface area contributed by atoms with Crippen molar-refractivity contribution in [3.8, 4) is 0 Å². The standard InChI is InChI=1S/C16H20F3N3O2/c17-16(18,19)12-2-1-3-13(8-12)22-14(23)11-6-4-10(5-7-11)9-21-15(20)24/h4-7,12-13H,1-3,8-9H2,(H,22,23)(H3,20,21,24). The van der Waals surface area contributed by atoms with Crippen LogP contribution in [0.25, 0.3) is 0 Å². The fraction of sp³-hybridized carbons (Fsp3) is 0.500. The van der Waals surface area contributed by atoms with Gasteiger partial charge in [-0.15, -0.1) is 0 Å². The summed E-state index contributed by atoms with van der Waals surface area (Å²) in [5.74, 6) is -1.74. The molecule has 1 aromatic rings. The highest BCUT2D eigenvalue weighted by Gasteiger charge is 2.42. The number of benzene rings is 1. The van der Waals surface area contributed by atoms with E-state index < -0.39 is 30.1 Å². The summed E-state index contributed by atoms with van der Waals surface area (Å²) >= 11 is 0. The van der Waals surface area contributed by atoms with Crippen LogP contribution >= 0.6 is 0 Å². The molecule has 0 radical (unpaired) electrons. The minimum absolute atomic E-state index is 0.0736. The summed E-state index contributed by atoms with van der Waals surface area (Å²) in [6.07, 6.45) is -3.16. The molecular formula is C16H20F3N3O2. The Kier molecular flexibility index (Phi) is 5.69. The number of hydrogen-bond acceptors (Lipinski definition) is 2. The molecule has 3 amide bonds. The summed E-state index contributed by atoms with van der Waals surface area (Å²) in [6, 6.07) is 5.34. The van der Waals surface area contributed by atoms with Gasteiger partial charge < -0.3 is 16.4 Å². The van der Waals surface area contributed by atoms with Gasteiger partial charge in [-0.3, -0.25) is 4.79 Å². The van der Waals surface area contributed by atoms with Crippen LogP contribution in [0.2, 0.25) is 0 Å². The van der Waals surface area contributed by atoms with Gasteiger partial charge in [0.1, 0.15) is 0 Å². The van der Waals surface area contributed by atoms with E-state index in [9.17, 15) is 22.8 Å². The molecule has 8 heteroatoms. The summed E-state index contributed by atoms with van der Waals surface area (Å²) in [5, 5.41) is 5.11. The lowest BCUT2D eigenvalue weighted by atomic mass is 9.85. The maximum atomic E-state index is 12.8. The zero-order chi connectivity index (χ0) is 17.7. The minimum Gasteiger partial charge on any atom is -0.352 e. The van der Waals surface area contributed by atoms with Crippen LogP contribution in [0.3, 0.4) is 0 Å². The van der Waals surface area contributed by atoms with Gasteiger partial charge >= 0.3 is 12.2 Å². The largest absolute Gasteiger partial charge is 0.391 e. The fourth-order valence-electron chi connectivity index (χ4n) is 2.85. The first-order valence-corrected chi connectivity index (χ1v) is 7.75. The number of nitrogens with two attached hydrogens (primary N) is 1. The van der Waals surface area contributed by atoms with E-state index in [0.717, 1.165) is 5.56 Å². The molecule has 132 valence electrons. The van der Waals surface area contributed by atoms with Gasteiger partial charge in [-0.1, -0.05) is 18.6 Å². The Morgan fingerprint density at radius 2 is 1.83 bits per heavy atom. The highest BCUT2D eigenvalue weighted by atomic mass is 19.4. The number of rotatable bonds is 4. The summed E-state index contributed by atoms with van der Waals surface area (Å²) in [4.78, 5) is 22.8. The van der Waals surface area contributed by atoms with Crippen molar-refractivity contribution in [2.75, 3.05) is 0 Å². The van der Waals surface area contributed by atoms with Gasteiger partial charge in [0, 0.05) is 18.2 Å². The first kappa shape index (κ1) is 18.1. The van der Waals surface area contributed by atoms with Gasteiger partial charge in [0.05, 0.1) is 5.92 Å². The Bertz CT molecular complexity index is 587. The molecule has 1 fully saturated rings. The van der Waals surface area contributed by atoms with Gasteiger partial charge in [-0.25, -0.2) is 4.79 Å². The third kappa shape index (κ3) is 5.14. The Morgan fingerprint density at radius 3 is 2.42 bits per heavy atom. The molecule has 2 rings (SSSR count). The van der Waals surface area contributed by atoms with Crippen molar-refractivity contribution in [2.24, 2.45) is 11.7 Å². The maximum Gasteiger partial charge on any atom is 0.391 e. The molecule has 5 nitrogen and oxygen atoms in total. The molecule has 0 saturated heterocycles. The van der Waals surface area contributed by atoms with Crippen molar-refractivity contribution < 1.29 is 22.8 Å². The highest BCUT2D eigenvalue weighted by molar-refractivity contribution is 5.94. The van der Waals surface area contributed by atoms with E-state index in [1.54, 1.807) is 24.3 Å². The lowest BCUT2D eigenvalue weighted by Gasteiger charge is -2.31. The van der Waals surface area contributed by atoms with Crippen LogP contribution in [0.15, 0.2) is 24.3 Å². The van der Waals surface area contributed by atoms with Gasteiger partial charge in [-0.05, 0) is 37.0 Å². The molecule has 0 heterocycles. The minimum atomic E-state index is -4.21. The first-order valence-electron chi connectivity index (χ1n) is 7.75. The van der Waals surface area contributed by atoms with E-state index in [1.807, 2.05) is 0 Å². The quantitative estimate of drug-likeness (QED) is 0.785. The average Bonchev–Trinajstić information content (AvgIpc) is 2.53. The number of amides is 3. The third-order valence-electron chi connectivity index (χ3n) is 4.16. The second kappa shape index (κ2) is 7.55. The molecule has 1 aromatic carbocycles. The van der Waals surface area contributed by atoms with Crippen LogP contribution in [0, 0.1) is 5.92 Å². The van der Waals surface area contributed by atoms with Crippen LogP contribution in [0.1, 0.15) is 41.6 Å². The molecule has 0 bridgehead atoms. The SMILES string of the molecule is NC(=O)NCc1ccc(C(=O)NC2CCCC(C(F)(F)F)C2)cc1. The smallest absolute Gasteiger partial charge is 0.352 e. The highest BCUT2D eigenvalue weighted by Crippen LogP contribution is 2.37. The zero-order valence-corrected chi connectivity index (χ0v) is 13.0. The van der Waals surface area contributed by atoms with E-state index in [2.05, 4.69) is 10.6 Å². The number of urea groups is 1. The molecule has 0 spiro atoms. The Hall–Kier alpha value is -2.25. The van der Waals surface area contributed by atoms with Crippen molar-refractivity contribution in [3.63, 3.8) is 0 Å². The van der Waals surface area contributed by atoms with Crippen LogP contribution < -0.4 is 16.4 Å². The van der Waals surface area contributed by atoms with Crippen LogP contribution in [0.4, 0.5) is 18.0 Å². The summed E-state index contributed by atoms with van der Waals surface area (Å²) in [6.45, 7) is 0.243. The zero-order valence-electron chi connectivity index (χ0n) is 13.0. The average molecular weight is 343 g/mol. The summed E-state index contributed by atoms with van der Waals surface area (Å²) < 4.78 is 38.4. The number of nitrogens with one attached hydrogen (secondary N) is 2. The number of carbonyl (C=O) groups is 2. The number of hydrogen-bond donors (Lipinski definition) is 3.